The summed E-state index contributed by atoms with van der Waals surface area (Å²) in [4.78, 5) is 1.89. The Bertz CT molecular complexity index is 618. The highest BCUT2D eigenvalue weighted by atomic mass is 19.1. The lowest BCUT2D eigenvalue weighted by molar-refractivity contribution is 0.259. The van der Waals surface area contributed by atoms with Crippen molar-refractivity contribution >= 4 is 12.1 Å². The molecule has 2 heterocycles. The summed E-state index contributed by atoms with van der Waals surface area (Å²) in [5.41, 5.74) is 12.7. The van der Waals surface area contributed by atoms with Crippen LogP contribution in [-0.4, -0.2) is 19.7 Å². The number of fused-ring (bicyclic) bond motifs is 1. The Morgan fingerprint density at radius 2 is 1.89 bits per heavy atom. The molecule has 0 fully saturated rings. The van der Waals surface area contributed by atoms with Crippen LogP contribution in [0.4, 0.5) is 10.3 Å². The molecule has 3 rings (SSSR count). The first-order valence-electron chi connectivity index (χ1n) is 5.79. The fourth-order valence-corrected chi connectivity index (χ4v) is 2.02. The van der Waals surface area contributed by atoms with Crippen LogP contribution in [0.5, 0.6) is 0 Å². The first-order valence-corrected chi connectivity index (χ1v) is 5.79. The van der Waals surface area contributed by atoms with E-state index in [1.807, 2.05) is 11.1 Å². The van der Waals surface area contributed by atoms with Crippen molar-refractivity contribution in [1.29, 1.82) is 0 Å². The van der Waals surface area contributed by atoms with Crippen LogP contribution in [0.2, 0.25) is 0 Å². The summed E-state index contributed by atoms with van der Waals surface area (Å²) in [5.74, 6) is 0.639. The minimum Gasteiger partial charge on any atom is -0.368 e. The average Bonchev–Trinajstić information content (AvgIpc) is 2.78. The van der Waals surface area contributed by atoms with Crippen molar-refractivity contribution < 1.29 is 4.39 Å². The molecule has 1 aromatic carbocycles. The van der Waals surface area contributed by atoms with Crippen LogP contribution in [0.1, 0.15) is 17.6 Å². The highest BCUT2D eigenvalue weighted by molar-refractivity contribution is 5.38. The minimum atomic E-state index is -0.431. The molecule has 0 saturated carbocycles. The zero-order chi connectivity index (χ0) is 13.4. The zero-order valence-corrected chi connectivity index (χ0v) is 10.1. The van der Waals surface area contributed by atoms with Gasteiger partial charge in [-0.2, -0.15) is 0 Å². The molecule has 0 spiro atoms. The van der Waals surface area contributed by atoms with Gasteiger partial charge < -0.3 is 16.4 Å². The topological polar surface area (TPSA) is 86.0 Å². The van der Waals surface area contributed by atoms with Crippen molar-refractivity contribution in [2.45, 2.75) is 12.7 Å². The second-order valence-corrected chi connectivity index (χ2v) is 4.33. The van der Waals surface area contributed by atoms with Gasteiger partial charge in [-0.05, 0) is 17.7 Å². The molecule has 6 nitrogen and oxygen atoms in total. The van der Waals surface area contributed by atoms with Gasteiger partial charge in [-0.25, -0.2) is 4.39 Å². The average molecular weight is 260 g/mol. The van der Waals surface area contributed by atoms with E-state index in [-0.39, 0.29) is 5.82 Å². The van der Waals surface area contributed by atoms with Crippen LogP contribution in [0.25, 0.3) is 6.20 Å². The van der Waals surface area contributed by atoms with Crippen molar-refractivity contribution in [3.8, 4) is 0 Å². The normalized spacial score (nSPS) is 17.6. The van der Waals surface area contributed by atoms with E-state index >= 15 is 0 Å². The molecular weight excluding hydrogens is 247 g/mol. The molecule has 4 N–H and O–H groups in total. The minimum absolute atomic E-state index is 0.255. The SMILES string of the molecule is Nc1nnc2n1C=CN(Cc1ccc(F)cc1)C2N. The van der Waals surface area contributed by atoms with E-state index in [4.69, 9.17) is 11.5 Å². The molecule has 1 aliphatic heterocycles. The zero-order valence-electron chi connectivity index (χ0n) is 10.1. The maximum Gasteiger partial charge on any atom is 0.226 e. The van der Waals surface area contributed by atoms with Crippen LogP contribution in [0.3, 0.4) is 0 Å². The lowest BCUT2D eigenvalue weighted by atomic mass is 10.2. The van der Waals surface area contributed by atoms with Crippen LogP contribution in [0.15, 0.2) is 30.5 Å². The molecule has 0 radical (unpaired) electrons. The number of nitrogen functional groups attached to an aromatic ring is 1. The number of hydrogen-bond donors (Lipinski definition) is 2. The predicted molar refractivity (Wildman–Crippen MR) is 68.6 cm³/mol. The molecule has 98 valence electrons. The molecule has 2 aromatic rings. The number of hydrogen-bond acceptors (Lipinski definition) is 5. The van der Waals surface area contributed by atoms with Gasteiger partial charge in [0.25, 0.3) is 0 Å². The van der Waals surface area contributed by atoms with Gasteiger partial charge in [0.05, 0.1) is 0 Å². The summed E-state index contributed by atoms with van der Waals surface area (Å²) in [6.07, 6.45) is 3.15. The molecule has 0 bridgehead atoms. The monoisotopic (exact) mass is 260 g/mol. The quantitative estimate of drug-likeness (QED) is 0.837. The smallest absolute Gasteiger partial charge is 0.226 e. The highest BCUT2D eigenvalue weighted by Gasteiger charge is 2.24. The van der Waals surface area contributed by atoms with E-state index in [2.05, 4.69) is 10.2 Å². The maximum absolute atomic E-state index is 12.9. The Kier molecular flexibility index (Phi) is 2.68. The second kappa shape index (κ2) is 4.36. The van der Waals surface area contributed by atoms with Crippen molar-refractivity contribution in [2.24, 2.45) is 5.73 Å². The van der Waals surface area contributed by atoms with Crippen LogP contribution in [0, 0.1) is 5.82 Å². The second-order valence-electron chi connectivity index (χ2n) is 4.33. The Morgan fingerprint density at radius 1 is 1.16 bits per heavy atom. The van der Waals surface area contributed by atoms with E-state index in [0.717, 1.165) is 5.56 Å². The molecular formula is C12H13FN6. The Balaban J connectivity index is 1.83. The summed E-state index contributed by atoms with van der Waals surface area (Å²) in [7, 11) is 0. The van der Waals surface area contributed by atoms with Crippen LogP contribution in [-0.2, 0) is 6.54 Å². The third-order valence-electron chi connectivity index (χ3n) is 3.06. The largest absolute Gasteiger partial charge is 0.368 e. The summed E-state index contributed by atoms with van der Waals surface area (Å²) < 4.78 is 14.5. The van der Waals surface area contributed by atoms with Gasteiger partial charge in [-0.3, -0.25) is 4.57 Å². The fraction of sp³-hybridized carbons (Fsp3) is 0.167. The number of halogens is 1. The molecule has 1 aliphatic rings. The number of rotatable bonds is 2. The lowest BCUT2D eigenvalue weighted by Crippen LogP contribution is -2.34. The highest BCUT2D eigenvalue weighted by Crippen LogP contribution is 2.23. The number of aromatic nitrogens is 3. The summed E-state index contributed by atoms with van der Waals surface area (Å²) in [6, 6.07) is 6.30. The number of nitrogens with zero attached hydrogens (tertiary/aromatic N) is 4. The Hall–Kier alpha value is -2.41. The molecule has 19 heavy (non-hydrogen) atoms. The predicted octanol–water partition coefficient (Wildman–Crippen LogP) is 0.901. The van der Waals surface area contributed by atoms with E-state index < -0.39 is 6.17 Å². The standard InChI is InChI=1S/C12H13FN6/c13-9-3-1-8(2-4-9)7-18-5-6-19-11(10(18)14)16-17-12(19)15/h1-6,10H,7,14H2,(H2,15,17). The first-order chi connectivity index (χ1) is 9.15. The Morgan fingerprint density at radius 3 is 2.63 bits per heavy atom. The van der Waals surface area contributed by atoms with Gasteiger partial charge in [0.15, 0.2) is 5.82 Å². The van der Waals surface area contributed by atoms with Gasteiger partial charge in [-0.15, -0.1) is 10.2 Å². The fourth-order valence-electron chi connectivity index (χ4n) is 2.02. The molecule has 1 aromatic heterocycles. The molecule has 0 saturated heterocycles. The van der Waals surface area contributed by atoms with Gasteiger partial charge in [0, 0.05) is 18.9 Å². The van der Waals surface area contributed by atoms with E-state index in [0.29, 0.717) is 18.3 Å². The number of benzene rings is 1. The number of nitrogens with two attached hydrogens (primary N) is 2. The van der Waals surface area contributed by atoms with Crippen molar-refractivity contribution in [3.63, 3.8) is 0 Å². The van der Waals surface area contributed by atoms with Gasteiger partial charge >= 0.3 is 0 Å². The third-order valence-corrected chi connectivity index (χ3v) is 3.06. The summed E-state index contributed by atoms with van der Waals surface area (Å²) in [6.45, 7) is 0.560. The van der Waals surface area contributed by atoms with E-state index in [9.17, 15) is 4.39 Å². The van der Waals surface area contributed by atoms with Gasteiger partial charge in [0.1, 0.15) is 12.0 Å². The van der Waals surface area contributed by atoms with Crippen LogP contribution >= 0.6 is 0 Å². The maximum atomic E-state index is 12.9. The Labute approximate surface area is 109 Å². The van der Waals surface area contributed by atoms with E-state index in [1.165, 1.54) is 12.1 Å². The van der Waals surface area contributed by atoms with Crippen LogP contribution < -0.4 is 11.5 Å². The summed E-state index contributed by atoms with van der Waals surface area (Å²) in [5, 5.41) is 7.74. The number of anilines is 1. The molecule has 7 heteroatoms. The molecule has 1 unspecified atom stereocenters. The summed E-state index contributed by atoms with van der Waals surface area (Å²) >= 11 is 0. The van der Waals surface area contributed by atoms with Gasteiger partial charge in [-0.1, -0.05) is 12.1 Å². The molecule has 1 atom stereocenters. The molecule has 0 amide bonds. The molecule has 0 aliphatic carbocycles. The van der Waals surface area contributed by atoms with Crippen molar-refractivity contribution in [2.75, 3.05) is 5.73 Å². The first kappa shape index (κ1) is 11.7. The van der Waals surface area contributed by atoms with Crippen molar-refractivity contribution in [1.82, 2.24) is 19.7 Å². The van der Waals surface area contributed by atoms with Gasteiger partial charge in [0.2, 0.25) is 5.95 Å². The lowest BCUT2D eigenvalue weighted by Gasteiger charge is -2.29. The third kappa shape index (κ3) is 2.04. The van der Waals surface area contributed by atoms with Crippen molar-refractivity contribution in [3.05, 3.63) is 47.7 Å². The van der Waals surface area contributed by atoms with E-state index in [1.54, 1.807) is 22.9 Å².